The van der Waals surface area contributed by atoms with E-state index in [0.717, 1.165) is 5.39 Å². The molecule has 2 aromatic carbocycles. The lowest BCUT2D eigenvalue weighted by Gasteiger charge is -2.08. The highest BCUT2D eigenvalue weighted by atomic mass is 35.5. The van der Waals surface area contributed by atoms with Crippen LogP contribution in [0.3, 0.4) is 0 Å². The van der Waals surface area contributed by atoms with Crippen LogP contribution in [0.1, 0.15) is 10.4 Å². The summed E-state index contributed by atoms with van der Waals surface area (Å²) in [4.78, 5) is 19.3. The molecule has 1 heterocycles. The lowest BCUT2D eigenvalue weighted by Crippen LogP contribution is -2.10. The van der Waals surface area contributed by atoms with Gasteiger partial charge in [-0.2, -0.15) is 4.98 Å². The topological polar surface area (TPSA) is 78.1 Å². The van der Waals surface area contributed by atoms with Gasteiger partial charge in [0, 0.05) is 5.56 Å². The summed E-state index contributed by atoms with van der Waals surface area (Å²) in [6.45, 7) is 0. The van der Waals surface area contributed by atoms with Gasteiger partial charge in [0.25, 0.3) is 0 Å². The van der Waals surface area contributed by atoms with Crippen LogP contribution in [-0.4, -0.2) is 15.9 Å². The van der Waals surface area contributed by atoms with Crippen LogP contribution in [0.4, 0.5) is 0 Å². The standard InChI is InChI=1S/C15H10ClN3O2/c16-15-18-12-4-2-1-3-11(12)14(19-15)21-10-7-5-9(6-8-10)13(17)20/h1-8H,(H2,17,20). The summed E-state index contributed by atoms with van der Waals surface area (Å²) in [5.74, 6) is 0.398. The third-order valence-electron chi connectivity index (χ3n) is 2.89. The SMILES string of the molecule is NC(=O)c1ccc(Oc2nc(Cl)nc3ccccc23)cc1. The van der Waals surface area contributed by atoms with Crippen molar-refractivity contribution < 1.29 is 9.53 Å². The first-order valence-corrected chi connectivity index (χ1v) is 6.51. The molecule has 3 aromatic rings. The lowest BCUT2D eigenvalue weighted by atomic mass is 10.2. The molecule has 1 amide bonds. The number of benzene rings is 2. The molecule has 0 unspecified atom stereocenters. The van der Waals surface area contributed by atoms with E-state index in [1.807, 2.05) is 24.3 Å². The molecule has 0 aliphatic heterocycles. The highest BCUT2D eigenvalue weighted by Gasteiger charge is 2.09. The second-order valence-corrected chi connectivity index (χ2v) is 4.64. The molecule has 0 saturated carbocycles. The van der Waals surface area contributed by atoms with E-state index in [1.165, 1.54) is 0 Å². The number of ether oxygens (including phenoxy) is 1. The Morgan fingerprint density at radius 3 is 2.48 bits per heavy atom. The second-order valence-electron chi connectivity index (χ2n) is 4.31. The van der Waals surface area contributed by atoms with Crippen molar-refractivity contribution in [1.82, 2.24) is 9.97 Å². The second kappa shape index (κ2) is 5.38. The van der Waals surface area contributed by atoms with E-state index in [-0.39, 0.29) is 5.28 Å². The number of carbonyl (C=O) groups excluding carboxylic acids is 1. The van der Waals surface area contributed by atoms with Gasteiger partial charge >= 0.3 is 0 Å². The maximum atomic E-state index is 11.0. The summed E-state index contributed by atoms with van der Waals surface area (Å²) in [5, 5.41) is 0.860. The molecule has 0 atom stereocenters. The van der Waals surface area contributed by atoms with Gasteiger partial charge in [0.2, 0.25) is 17.1 Å². The van der Waals surface area contributed by atoms with E-state index in [9.17, 15) is 4.79 Å². The van der Waals surface area contributed by atoms with E-state index in [4.69, 9.17) is 22.1 Å². The highest BCUT2D eigenvalue weighted by Crippen LogP contribution is 2.28. The fourth-order valence-electron chi connectivity index (χ4n) is 1.90. The third-order valence-corrected chi connectivity index (χ3v) is 3.06. The van der Waals surface area contributed by atoms with Crippen molar-refractivity contribution in [2.75, 3.05) is 0 Å². The Morgan fingerprint density at radius 1 is 1.05 bits per heavy atom. The smallest absolute Gasteiger partial charge is 0.248 e. The number of amides is 1. The zero-order valence-corrected chi connectivity index (χ0v) is 11.5. The summed E-state index contributed by atoms with van der Waals surface area (Å²) in [6.07, 6.45) is 0. The summed E-state index contributed by atoms with van der Waals surface area (Å²) in [6, 6.07) is 13.9. The van der Waals surface area contributed by atoms with Crippen molar-refractivity contribution in [1.29, 1.82) is 0 Å². The molecule has 0 radical (unpaired) electrons. The Kier molecular flexibility index (Phi) is 3.41. The fraction of sp³-hybridized carbons (Fsp3) is 0. The van der Waals surface area contributed by atoms with Crippen molar-refractivity contribution in [2.45, 2.75) is 0 Å². The maximum absolute atomic E-state index is 11.0. The summed E-state index contributed by atoms with van der Waals surface area (Å²) in [5.41, 5.74) is 6.30. The molecule has 3 rings (SSSR count). The lowest BCUT2D eigenvalue weighted by molar-refractivity contribution is 0.100. The highest BCUT2D eigenvalue weighted by molar-refractivity contribution is 6.28. The summed E-state index contributed by atoms with van der Waals surface area (Å²) < 4.78 is 5.72. The summed E-state index contributed by atoms with van der Waals surface area (Å²) >= 11 is 5.89. The molecule has 6 heteroatoms. The van der Waals surface area contributed by atoms with Crippen LogP contribution < -0.4 is 10.5 Å². The van der Waals surface area contributed by atoms with E-state index in [0.29, 0.717) is 22.7 Å². The number of rotatable bonds is 3. The molecule has 0 fully saturated rings. The van der Waals surface area contributed by atoms with Crippen LogP contribution in [0.15, 0.2) is 48.5 Å². The minimum absolute atomic E-state index is 0.109. The number of carbonyl (C=O) groups is 1. The van der Waals surface area contributed by atoms with E-state index < -0.39 is 5.91 Å². The quantitative estimate of drug-likeness (QED) is 0.753. The van der Waals surface area contributed by atoms with Gasteiger partial charge in [-0.25, -0.2) is 4.98 Å². The minimum Gasteiger partial charge on any atom is -0.438 e. The molecular formula is C15H10ClN3O2. The fourth-order valence-corrected chi connectivity index (χ4v) is 2.06. The average molecular weight is 300 g/mol. The Labute approximate surface area is 125 Å². The molecule has 5 nitrogen and oxygen atoms in total. The number of nitrogens with two attached hydrogens (primary N) is 1. The van der Waals surface area contributed by atoms with Crippen LogP contribution >= 0.6 is 11.6 Å². The predicted molar refractivity (Wildman–Crippen MR) is 79.6 cm³/mol. The van der Waals surface area contributed by atoms with E-state index in [1.54, 1.807) is 24.3 Å². The number of aromatic nitrogens is 2. The molecule has 0 aliphatic rings. The molecule has 0 spiro atoms. The Hall–Kier alpha value is -2.66. The van der Waals surface area contributed by atoms with Crippen molar-refractivity contribution in [2.24, 2.45) is 5.73 Å². The van der Waals surface area contributed by atoms with Crippen LogP contribution in [0, 0.1) is 0 Å². The first kappa shape index (κ1) is 13.3. The normalized spacial score (nSPS) is 10.5. The van der Waals surface area contributed by atoms with Crippen molar-refractivity contribution in [3.63, 3.8) is 0 Å². The van der Waals surface area contributed by atoms with Crippen molar-refractivity contribution in [3.8, 4) is 11.6 Å². The molecule has 0 aliphatic carbocycles. The molecule has 2 N–H and O–H groups in total. The Balaban J connectivity index is 1.99. The number of para-hydroxylation sites is 1. The molecule has 0 bridgehead atoms. The first-order chi connectivity index (χ1) is 10.1. The average Bonchev–Trinajstić information content (AvgIpc) is 2.47. The van der Waals surface area contributed by atoms with Crippen LogP contribution in [-0.2, 0) is 0 Å². The largest absolute Gasteiger partial charge is 0.438 e. The predicted octanol–water partition coefficient (Wildman–Crippen LogP) is 3.17. The number of hydrogen-bond donors (Lipinski definition) is 1. The Morgan fingerprint density at radius 2 is 1.76 bits per heavy atom. The van der Waals surface area contributed by atoms with Crippen molar-refractivity contribution in [3.05, 3.63) is 59.4 Å². The van der Waals surface area contributed by atoms with Crippen molar-refractivity contribution >= 4 is 28.4 Å². The van der Waals surface area contributed by atoms with Gasteiger partial charge in [-0.3, -0.25) is 4.79 Å². The minimum atomic E-state index is -0.489. The molecule has 0 saturated heterocycles. The summed E-state index contributed by atoms with van der Waals surface area (Å²) in [7, 11) is 0. The Bertz CT molecular complexity index is 819. The zero-order chi connectivity index (χ0) is 14.8. The van der Waals surface area contributed by atoms with Gasteiger partial charge in [0.15, 0.2) is 0 Å². The van der Waals surface area contributed by atoms with E-state index in [2.05, 4.69) is 9.97 Å². The number of primary amides is 1. The van der Waals surface area contributed by atoms with Crippen LogP contribution in [0.25, 0.3) is 10.9 Å². The van der Waals surface area contributed by atoms with Gasteiger partial charge < -0.3 is 10.5 Å². The van der Waals surface area contributed by atoms with Gasteiger partial charge in [-0.15, -0.1) is 0 Å². The van der Waals surface area contributed by atoms with Crippen LogP contribution in [0.5, 0.6) is 11.6 Å². The molecule has 21 heavy (non-hydrogen) atoms. The maximum Gasteiger partial charge on any atom is 0.248 e. The number of fused-ring (bicyclic) bond motifs is 1. The number of hydrogen-bond acceptors (Lipinski definition) is 4. The van der Waals surface area contributed by atoms with Crippen LogP contribution in [0.2, 0.25) is 5.28 Å². The number of nitrogens with zero attached hydrogens (tertiary/aromatic N) is 2. The van der Waals surface area contributed by atoms with Gasteiger partial charge in [-0.05, 0) is 48.0 Å². The zero-order valence-electron chi connectivity index (χ0n) is 10.8. The molecule has 104 valence electrons. The van der Waals surface area contributed by atoms with Gasteiger partial charge in [0.1, 0.15) is 5.75 Å². The monoisotopic (exact) mass is 299 g/mol. The third kappa shape index (κ3) is 2.78. The molecule has 1 aromatic heterocycles. The van der Waals surface area contributed by atoms with E-state index >= 15 is 0 Å². The van der Waals surface area contributed by atoms with Gasteiger partial charge in [0.05, 0.1) is 10.9 Å². The first-order valence-electron chi connectivity index (χ1n) is 6.13. The van der Waals surface area contributed by atoms with Gasteiger partial charge in [-0.1, -0.05) is 12.1 Å². The number of halogens is 1. The molecular weight excluding hydrogens is 290 g/mol.